The zero-order valence-electron chi connectivity index (χ0n) is 8.50. The first-order chi connectivity index (χ1) is 7.56. The lowest BCUT2D eigenvalue weighted by atomic mass is 10.1. The number of hydrogen-bond donors (Lipinski definition) is 1. The predicted molar refractivity (Wildman–Crippen MR) is 57.6 cm³/mol. The molecule has 6 heteroatoms. The number of benzene rings is 1. The van der Waals surface area contributed by atoms with Crippen molar-refractivity contribution in [1.29, 1.82) is 0 Å². The molecular formula is C10H9F2N3S. The average molecular weight is 241 g/mol. The molecule has 0 saturated carbocycles. The van der Waals surface area contributed by atoms with Gasteiger partial charge in [-0.05, 0) is 29.9 Å². The smallest absolute Gasteiger partial charge is 0.194 e. The standard InChI is InChI=1S/C10H9F2N3S/c1-15-9(13-14-10(15)16)4-6-2-7(11)5-8(12)3-6/h2-3,5H,4H2,1H3,(H,14,16). The van der Waals surface area contributed by atoms with E-state index >= 15 is 0 Å². The average Bonchev–Trinajstić information content (AvgIpc) is 2.48. The number of H-pyrrole nitrogens is 1. The number of halogens is 2. The monoisotopic (exact) mass is 241 g/mol. The van der Waals surface area contributed by atoms with Crippen molar-refractivity contribution >= 4 is 12.2 Å². The first kappa shape index (κ1) is 10.9. The van der Waals surface area contributed by atoms with Crippen LogP contribution in [-0.2, 0) is 13.5 Å². The molecule has 0 radical (unpaired) electrons. The molecule has 1 N–H and O–H groups in total. The van der Waals surface area contributed by atoms with Crippen LogP contribution in [0.15, 0.2) is 18.2 Å². The molecule has 84 valence electrons. The Hall–Kier alpha value is -1.56. The Morgan fingerprint density at radius 3 is 2.44 bits per heavy atom. The summed E-state index contributed by atoms with van der Waals surface area (Å²) < 4.78 is 28.0. The molecule has 0 saturated heterocycles. The van der Waals surface area contributed by atoms with Crippen LogP contribution in [0.5, 0.6) is 0 Å². The van der Waals surface area contributed by atoms with Crippen LogP contribution in [0.1, 0.15) is 11.4 Å². The van der Waals surface area contributed by atoms with Gasteiger partial charge in [0.25, 0.3) is 0 Å². The van der Waals surface area contributed by atoms with Crippen molar-refractivity contribution in [3.05, 3.63) is 46.0 Å². The fourth-order valence-corrected chi connectivity index (χ4v) is 1.58. The van der Waals surface area contributed by atoms with E-state index in [1.807, 2.05) is 0 Å². The first-order valence-electron chi connectivity index (χ1n) is 4.61. The molecule has 2 rings (SSSR count). The Morgan fingerprint density at radius 1 is 1.31 bits per heavy atom. The van der Waals surface area contributed by atoms with Crippen LogP contribution in [-0.4, -0.2) is 14.8 Å². The molecule has 1 heterocycles. The number of hydrogen-bond acceptors (Lipinski definition) is 2. The maximum atomic E-state index is 12.9. The Labute approximate surface area is 95.7 Å². The van der Waals surface area contributed by atoms with Crippen LogP contribution >= 0.6 is 12.2 Å². The molecule has 0 fully saturated rings. The van der Waals surface area contributed by atoms with Crippen molar-refractivity contribution < 1.29 is 8.78 Å². The summed E-state index contributed by atoms with van der Waals surface area (Å²) in [5.41, 5.74) is 0.523. The Bertz CT molecular complexity index is 553. The molecule has 16 heavy (non-hydrogen) atoms. The highest BCUT2D eigenvalue weighted by molar-refractivity contribution is 7.71. The normalized spacial score (nSPS) is 10.7. The third kappa shape index (κ3) is 2.16. The van der Waals surface area contributed by atoms with Crippen LogP contribution in [0.4, 0.5) is 8.78 Å². The molecule has 1 aromatic carbocycles. The number of aromatic nitrogens is 3. The van der Waals surface area contributed by atoms with Crippen molar-refractivity contribution in [2.24, 2.45) is 7.05 Å². The zero-order valence-corrected chi connectivity index (χ0v) is 9.31. The van der Waals surface area contributed by atoms with Crippen LogP contribution in [0, 0.1) is 16.4 Å². The number of aromatic amines is 1. The maximum Gasteiger partial charge on any atom is 0.194 e. The highest BCUT2D eigenvalue weighted by atomic mass is 32.1. The van der Waals surface area contributed by atoms with Gasteiger partial charge in [0.15, 0.2) is 4.77 Å². The van der Waals surface area contributed by atoms with E-state index in [1.165, 1.54) is 12.1 Å². The summed E-state index contributed by atoms with van der Waals surface area (Å²) in [5.74, 6) is -0.548. The van der Waals surface area contributed by atoms with Gasteiger partial charge in [-0.3, -0.25) is 5.10 Å². The molecule has 3 nitrogen and oxygen atoms in total. The van der Waals surface area contributed by atoms with Gasteiger partial charge in [0.05, 0.1) is 0 Å². The minimum atomic E-state index is -0.591. The molecular weight excluding hydrogens is 232 g/mol. The lowest BCUT2D eigenvalue weighted by Crippen LogP contribution is -2.00. The second-order valence-corrected chi connectivity index (χ2v) is 3.85. The van der Waals surface area contributed by atoms with Crippen molar-refractivity contribution in [2.45, 2.75) is 6.42 Å². The van der Waals surface area contributed by atoms with E-state index in [0.717, 1.165) is 6.07 Å². The van der Waals surface area contributed by atoms with Gasteiger partial charge in [-0.15, -0.1) is 0 Å². The van der Waals surface area contributed by atoms with Gasteiger partial charge in [0.1, 0.15) is 17.5 Å². The molecule has 0 aliphatic rings. The van der Waals surface area contributed by atoms with Gasteiger partial charge >= 0.3 is 0 Å². The maximum absolute atomic E-state index is 12.9. The van der Waals surface area contributed by atoms with E-state index in [1.54, 1.807) is 11.6 Å². The van der Waals surface area contributed by atoms with Gasteiger partial charge in [-0.1, -0.05) is 0 Å². The Balaban J connectivity index is 2.34. The molecule has 0 aliphatic heterocycles. The molecule has 0 unspecified atom stereocenters. The molecule has 0 amide bonds. The minimum Gasteiger partial charge on any atom is -0.307 e. The van der Waals surface area contributed by atoms with Gasteiger partial charge in [0, 0.05) is 19.5 Å². The first-order valence-corrected chi connectivity index (χ1v) is 5.02. The lowest BCUT2D eigenvalue weighted by molar-refractivity contribution is 0.580. The van der Waals surface area contributed by atoms with E-state index in [-0.39, 0.29) is 0 Å². The van der Waals surface area contributed by atoms with Crippen LogP contribution in [0.3, 0.4) is 0 Å². The van der Waals surface area contributed by atoms with Gasteiger partial charge in [-0.2, -0.15) is 5.10 Å². The van der Waals surface area contributed by atoms with Crippen molar-refractivity contribution in [3.63, 3.8) is 0 Å². The second kappa shape index (κ2) is 4.13. The van der Waals surface area contributed by atoms with Crippen LogP contribution < -0.4 is 0 Å². The van der Waals surface area contributed by atoms with E-state index < -0.39 is 11.6 Å². The van der Waals surface area contributed by atoms with Gasteiger partial charge in [-0.25, -0.2) is 8.78 Å². The Morgan fingerprint density at radius 2 is 1.94 bits per heavy atom. The molecule has 0 aliphatic carbocycles. The van der Waals surface area contributed by atoms with Gasteiger partial charge < -0.3 is 4.57 Å². The zero-order chi connectivity index (χ0) is 11.7. The summed E-state index contributed by atoms with van der Waals surface area (Å²) in [7, 11) is 1.75. The highest BCUT2D eigenvalue weighted by Crippen LogP contribution is 2.11. The topological polar surface area (TPSA) is 33.6 Å². The van der Waals surface area contributed by atoms with E-state index in [9.17, 15) is 8.78 Å². The summed E-state index contributed by atoms with van der Waals surface area (Å²) in [5, 5.41) is 6.59. The van der Waals surface area contributed by atoms with Crippen LogP contribution in [0.25, 0.3) is 0 Å². The quantitative estimate of drug-likeness (QED) is 0.819. The molecule has 0 atom stereocenters. The molecule has 0 spiro atoms. The molecule has 0 bridgehead atoms. The van der Waals surface area contributed by atoms with E-state index in [2.05, 4.69) is 10.2 Å². The Kier molecular flexibility index (Phi) is 2.82. The number of rotatable bonds is 2. The second-order valence-electron chi connectivity index (χ2n) is 3.46. The summed E-state index contributed by atoms with van der Waals surface area (Å²) >= 11 is 4.94. The summed E-state index contributed by atoms with van der Waals surface area (Å²) in [4.78, 5) is 0. The molecule has 1 aromatic heterocycles. The number of nitrogens with zero attached hydrogens (tertiary/aromatic N) is 2. The summed E-state index contributed by atoms with van der Waals surface area (Å²) in [6, 6.07) is 3.40. The fraction of sp³-hybridized carbons (Fsp3) is 0.200. The van der Waals surface area contributed by atoms with Crippen molar-refractivity contribution in [3.8, 4) is 0 Å². The van der Waals surface area contributed by atoms with E-state index in [4.69, 9.17) is 12.2 Å². The van der Waals surface area contributed by atoms with E-state index in [0.29, 0.717) is 22.6 Å². The fourth-order valence-electron chi connectivity index (χ4n) is 1.43. The third-order valence-corrected chi connectivity index (χ3v) is 2.62. The minimum absolute atomic E-state index is 0.332. The lowest BCUT2D eigenvalue weighted by Gasteiger charge is -2.01. The SMILES string of the molecule is Cn1c(Cc2cc(F)cc(F)c2)n[nH]c1=S. The van der Waals surface area contributed by atoms with Crippen molar-refractivity contribution in [2.75, 3.05) is 0 Å². The third-order valence-electron chi connectivity index (χ3n) is 2.26. The van der Waals surface area contributed by atoms with Crippen molar-refractivity contribution in [1.82, 2.24) is 14.8 Å². The predicted octanol–water partition coefficient (Wildman–Crippen LogP) is 2.35. The summed E-state index contributed by atoms with van der Waals surface area (Å²) in [6.45, 7) is 0. The number of nitrogens with one attached hydrogen (secondary N) is 1. The van der Waals surface area contributed by atoms with Gasteiger partial charge in [0.2, 0.25) is 0 Å². The largest absolute Gasteiger partial charge is 0.307 e. The highest BCUT2D eigenvalue weighted by Gasteiger charge is 2.06. The molecule has 2 aromatic rings. The summed E-state index contributed by atoms with van der Waals surface area (Å²) in [6.07, 6.45) is 0.332. The van der Waals surface area contributed by atoms with Crippen LogP contribution in [0.2, 0.25) is 0 Å².